The van der Waals surface area contributed by atoms with Gasteiger partial charge in [0.15, 0.2) is 8.07 Å². The first-order valence-electron chi connectivity index (χ1n) is 35.5. The Labute approximate surface area is 536 Å². The lowest BCUT2D eigenvalue weighted by Gasteiger charge is -2.44. The second-order valence-electron chi connectivity index (χ2n) is 27.8. The molecule has 3 aliphatic heterocycles. The van der Waals surface area contributed by atoms with Gasteiger partial charge in [0.2, 0.25) is 0 Å². The van der Waals surface area contributed by atoms with Gasteiger partial charge in [-0.05, 0) is 153 Å². The van der Waals surface area contributed by atoms with Crippen LogP contribution in [0.2, 0.25) is 0 Å². The van der Waals surface area contributed by atoms with Gasteiger partial charge in [0.05, 0.1) is 36.5 Å². The molecule has 0 N–H and O–H groups in total. The summed E-state index contributed by atoms with van der Waals surface area (Å²) >= 11 is 0. The first kappa shape index (κ1) is 46.0. The highest BCUT2D eigenvalue weighted by Gasteiger charge is 2.55. The Kier molecular flexibility index (Phi) is 11.0. The number of ether oxygens (including phenoxy) is 1. The molecule has 14 rings (SSSR count). The van der Waals surface area contributed by atoms with Crippen LogP contribution in [-0.2, 0) is 21.7 Å². The van der Waals surface area contributed by atoms with E-state index < -0.39 is 49.7 Å². The molecule has 0 unspecified atom stereocenters. The van der Waals surface area contributed by atoms with E-state index in [0.29, 0.717) is 39.4 Å². The van der Waals surface area contributed by atoms with Crippen LogP contribution in [0.5, 0.6) is 11.5 Å². The van der Waals surface area contributed by atoms with E-state index in [1.165, 1.54) is 43.0 Å². The van der Waals surface area contributed by atoms with E-state index >= 15 is 0 Å². The molecule has 4 heterocycles. The van der Waals surface area contributed by atoms with Crippen LogP contribution in [0.4, 0.5) is 39.9 Å². The predicted molar refractivity (Wildman–Crippen MR) is 375 cm³/mol. The standard InChI is InChI=1S/C82H78N4OSi/c1-79(2,3)58-37-40-67-68-41-38-59(80(4,5)6)49-76(68)88(75(67)48-58)73-36-22-21-35-71(73)86(77-50-60(43-44-83-77)81(7,8)9)72-52-64(39-42-74(72)88)87-63-30-23-29-62(51-63)84-53-85(70-34-20-19-33-69(70)84)78-65(55-27-17-14-18-28-55)31-24-32-66(78)57-45-56(54-25-15-13-16-26-54)46-61(47-57)82(10,11)12/h13-52H,53H2,1-12H3/i13D,14D,15D,16D,17D,18D,25D,26D,27D,28D. The monoisotopic (exact) mass is 1170 g/mol. The molecule has 1 aromatic heterocycles. The second kappa shape index (κ2) is 21.0. The summed E-state index contributed by atoms with van der Waals surface area (Å²) in [7, 11) is -3.18. The highest BCUT2D eigenvalue weighted by atomic mass is 28.3. The highest BCUT2D eigenvalue weighted by molar-refractivity contribution is 7.23. The summed E-state index contributed by atoms with van der Waals surface area (Å²) in [6.45, 7) is 26.8. The van der Waals surface area contributed by atoms with Crippen LogP contribution in [-0.4, -0.2) is 19.7 Å². The first-order chi connectivity index (χ1) is 46.3. The molecule has 1 spiro atoms. The van der Waals surface area contributed by atoms with Gasteiger partial charge in [-0.15, -0.1) is 0 Å². The van der Waals surface area contributed by atoms with Crippen LogP contribution >= 0.6 is 0 Å². The third-order valence-electron chi connectivity index (χ3n) is 18.0. The molecule has 0 amide bonds. The summed E-state index contributed by atoms with van der Waals surface area (Å²) in [4.78, 5) is 11.8. The van der Waals surface area contributed by atoms with Crippen molar-refractivity contribution in [2.75, 3.05) is 21.4 Å². The normalized spacial score (nSPS) is 15.7. The van der Waals surface area contributed by atoms with E-state index in [1.807, 2.05) is 99.8 Å². The molecule has 0 radical (unpaired) electrons. The van der Waals surface area contributed by atoms with Gasteiger partial charge in [-0.2, -0.15) is 0 Å². The van der Waals surface area contributed by atoms with Crippen molar-refractivity contribution in [2.24, 2.45) is 0 Å². The third kappa shape index (κ3) is 9.64. The number of fused-ring (bicyclic) bond motifs is 10. The molecule has 5 nitrogen and oxygen atoms in total. The summed E-state index contributed by atoms with van der Waals surface area (Å²) in [5, 5.41) is 5.28. The van der Waals surface area contributed by atoms with Crippen molar-refractivity contribution in [3.63, 3.8) is 0 Å². The van der Waals surface area contributed by atoms with E-state index in [4.69, 9.17) is 20.7 Å². The molecule has 0 saturated carbocycles. The minimum absolute atomic E-state index is 0.0149. The van der Waals surface area contributed by atoms with Crippen LogP contribution in [0.25, 0.3) is 44.5 Å². The van der Waals surface area contributed by atoms with Gasteiger partial charge in [-0.1, -0.05) is 253 Å². The van der Waals surface area contributed by atoms with Gasteiger partial charge < -0.3 is 14.5 Å². The number of nitrogens with zero attached hydrogens (tertiary/aromatic N) is 4. The van der Waals surface area contributed by atoms with Crippen LogP contribution in [0.1, 0.15) is 119 Å². The Balaban J connectivity index is 0.933. The number of aromatic nitrogens is 1. The SMILES string of the molecule is [2H]c1c([2H])c([2H])c(-c2cc(-c3cccc(-c4c([2H])c([2H])c([2H])c([2H])c4[2H])c3N3CN(c4cccc(Oc5ccc6c(c5)N(c5cc(C(C)(C)C)ccn5)c5ccccc5[Si]65c6cc(C(C)(C)C)ccc6-c6ccc(C(C)(C)C)cc65)c4)c4ccccc43)cc(C(C)(C)C)c2)c([2H])c1[2H]. The topological polar surface area (TPSA) is 31.8 Å². The maximum absolute atomic E-state index is 9.43. The minimum Gasteiger partial charge on any atom is -0.457 e. The largest absolute Gasteiger partial charge is 0.457 e. The lowest BCUT2D eigenvalue weighted by Crippen LogP contribution is -2.75. The highest BCUT2D eigenvalue weighted by Crippen LogP contribution is 2.52. The zero-order valence-electron chi connectivity index (χ0n) is 62.2. The fourth-order valence-corrected chi connectivity index (χ4v) is 18.9. The number of para-hydroxylation sites is 4. The first-order valence-corrected chi connectivity index (χ1v) is 32.5. The maximum Gasteiger partial charge on any atom is 0.185 e. The summed E-state index contributed by atoms with van der Waals surface area (Å²) in [6, 6.07) is 57.4. The van der Waals surface area contributed by atoms with Crippen molar-refractivity contribution in [2.45, 2.75) is 105 Å². The molecule has 10 aromatic carbocycles. The van der Waals surface area contributed by atoms with Crippen LogP contribution in [0.3, 0.4) is 0 Å². The fourth-order valence-electron chi connectivity index (χ4n) is 13.3. The number of pyridine rings is 1. The van der Waals surface area contributed by atoms with Crippen molar-refractivity contribution < 1.29 is 18.4 Å². The Morgan fingerprint density at radius 3 is 1.56 bits per heavy atom. The van der Waals surface area contributed by atoms with Gasteiger partial charge in [0.1, 0.15) is 24.0 Å². The molecule has 0 bridgehead atoms. The van der Waals surface area contributed by atoms with Crippen molar-refractivity contribution in [1.82, 2.24) is 4.98 Å². The summed E-state index contributed by atoms with van der Waals surface area (Å²) < 4.78 is 96.6. The summed E-state index contributed by atoms with van der Waals surface area (Å²) in [5.41, 5.74) is 13.3. The zero-order chi connectivity index (χ0) is 69.8. The zero-order valence-corrected chi connectivity index (χ0v) is 53.2. The Hall–Kier alpha value is -9.23. The molecular weight excluding hydrogens is 1090 g/mol. The van der Waals surface area contributed by atoms with Crippen LogP contribution in [0.15, 0.2) is 243 Å². The molecule has 0 atom stereocenters. The molecule has 11 aromatic rings. The van der Waals surface area contributed by atoms with Crippen molar-refractivity contribution in [3.05, 3.63) is 265 Å². The molecule has 0 fully saturated rings. The Morgan fingerprint density at radius 2 is 0.920 bits per heavy atom. The van der Waals surface area contributed by atoms with Crippen molar-refractivity contribution in [1.29, 1.82) is 0 Å². The van der Waals surface area contributed by atoms with Gasteiger partial charge in [0, 0.05) is 40.8 Å². The average Bonchev–Trinajstić information content (AvgIpc) is 1.45. The number of hydrogen-bond acceptors (Lipinski definition) is 5. The fraction of sp³-hybridized carbons (Fsp3) is 0.207. The number of hydrogen-bond donors (Lipinski definition) is 0. The van der Waals surface area contributed by atoms with Crippen molar-refractivity contribution in [3.8, 4) is 56.0 Å². The van der Waals surface area contributed by atoms with E-state index in [2.05, 4.69) is 168 Å². The smallest absolute Gasteiger partial charge is 0.185 e. The quantitative estimate of drug-likeness (QED) is 0.142. The van der Waals surface area contributed by atoms with E-state index in [-0.39, 0.29) is 58.2 Å². The van der Waals surface area contributed by atoms with Gasteiger partial charge >= 0.3 is 0 Å². The second-order valence-corrected chi connectivity index (χ2v) is 31.4. The Morgan fingerprint density at radius 1 is 0.386 bits per heavy atom. The summed E-state index contributed by atoms with van der Waals surface area (Å²) in [5.74, 6) is 2.03. The molecule has 436 valence electrons. The minimum atomic E-state index is -3.18. The van der Waals surface area contributed by atoms with E-state index in [1.54, 1.807) is 12.1 Å². The van der Waals surface area contributed by atoms with E-state index in [9.17, 15) is 2.74 Å². The number of anilines is 7. The molecule has 0 saturated heterocycles. The molecular formula is C82H78N4OSi. The Bertz CT molecular complexity index is 5030. The van der Waals surface area contributed by atoms with Gasteiger partial charge in [0.25, 0.3) is 0 Å². The molecule has 3 aliphatic rings. The van der Waals surface area contributed by atoms with Crippen molar-refractivity contribution >= 4 is 68.8 Å². The van der Waals surface area contributed by atoms with Crippen LogP contribution in [0, 0.1) is 0 Å². The van der Waals surface area contributed by atoms with Crippen LogP contribution < -0.4 is 40.2 Å². The van der Waals surface area contributed by atoms with E-state index in [0.717, 1.165) is 45.4 Å². The predicted octanol–water partition coefficient (Wildman–Crippen LogP) is 19.5. The number of benzene rings is 10. The van der Waals surface area contributed by atoms with Gasteiger partial charge in [-0.3, -0.25) is 4.90 Å². The average molecular weight is 1170 g/mol. The molecule has 0 aliphatic carbocycles. The molecule has 88 heavy (non-hydrogen) atoms. The molecule has 6 heteroatoms. The summed E-state index contributed by atoms with van der Waals surface area (Å²) in [6.07, 6.45) is 1.93. The van der Waals surface area contributed by atoms with Gasteiger partial charge in [-0.25, -0.2) is 4.98 Å². The lowest BCUT2D eigenvalue weighted by atomic mass is 9.82. The maximum atomic E-state index is 9.43. The lowest BCUT2D eigenvalue weighted by molar-refractivity contribution is 0.483. The third-order valence-corrected chi connectivity index (χ3v) is 22.9. The number of rotatable bonds is 8.